The molecule has 0 spiro atoms. The van der Waals surface area contributed by atoms with Crippen molar-refractivity contribution in [3.63, 3.8) is 0 Å². The Morgan fingerprint density at radius 3 is 2.55 bits per heavy atom. The van der Waals surface area contributed by atoms with Crippen LogP contribution in [0.15, 0.2) is 48.5 Å². The number of hydrogen-bond donors (Lipinski definition) is 0. The molecule has 0 unspecified atom stereocenters. The first-order valence-electron chi connectivity index (χ1n) is 7.82. The Bertz CT molecular complexity index is 774. The number of hydrogen-bond acceptors (Lipinski definition) is 1. The molecule has 3 rings (SSSR count). The number of fused-ring (bicyclic) bond motifs is 1. The number of benzene rings is 2. The maximum atomic E-state index is 6.32. The monoisotopic (exact) mass is 312 g/mol. The minimum atomic E-state index is 0.675. The molecule has 1 aromatic heterocycles. The summed E-state index contributed by atoms with van der Waals surface area (Å²) in [6, 6.07) is 16.4. The van der Waals surface area contributed by atoms with Gasteiger partial charge in [-0.15, -0.1) is 0 Å². The second-order valence-corrected chi connectivity index (χ2v) is 6.53. The molecule has 1 heterocycles. The van der Waals surface area contributed by atoms with Gasteiger partial charge in [-0.2, -0.15) is 0 Å². The van der Waals surface area contributed by atoms with E-state index in [1.807, 2.05) is 24.3 Å². The van der Waals surface area contributed by atoms with Gasteiger partial charge in [0.1, 0.15) is 5.82 Å². The van der Waals surface area contributed by atoms with Crippen molar-refractivity contribution in [2.45, 2.75) is 33.2 Å². The summed E-state index contributed by atoms with van der Waals surface area (Å²) in [4.78, 5) is 4.83. The van der Waals surface area contributed by atoms with Crippen LogP contribution in [-0.4, -0.2) is 9.55 Å². The quantitative estimate of drug-likeness (QED) is 0.623. The summed E-state index contributed by atoms with van der Waals surface area (Å²) >= 11 is 6.32. The van der Waals surface area contributed by atoms with E-state index in [0.717, 1.165) is 41.3 Å². The Labute approximate surface area is 136 Å². The second-order valence-electron chi connectivity index (χ2n) is 6.12. The zero-order chi connectivity index (χ0) is 15.5. The summed E-state index contributed by atoms with van der Waals surface area (Å²) in [6.07, 6.45) is 1.92. The minimum Gasteiger partial charge on any atom is -0.328 e. The first kappa shape index (κ1) is 15.1. The summed E-state index contributed by atoms with van der Waals surface area (Å²) in [5.41, 5.74) is 3.41. The van der Waals surface area contributed by atoms with Crippen molar-refractivity contribution in [3.8, 4) is 0 Å². The number of nitrogens with zero attached hydrogens (tertiary/aromatic N) is 2. The second kappa shape index (κ2) is 6.53. The third-order valence-corrected chi connectivity index (χ3v) is 4.34. The Morgan fingerprint density at radius 2 is 1.77 bits per heavy atom. The van der Waals surface area contributed by atoms with Crippen LogP contribution in [-0.2, 0) is 13.0 Å². The van der Waals surface area contributed by atoms with Gasteiger partial charge in [-0.25, -0.2) is 4.98 Å². The fraction of sp³-hybridized carbons (Fsp3) is 0.316. The highest BCUT2D eigenvalue weighted by atomic mass is 35.5. The topological polar surface area (TPSA) is 17.8 Å². The van der Waals surface area contributed by atoms with Crippen molar-refractivity contribution in [1.82, 2.24) is 9.55 Å². The molecule has 3 heteroatoms. The number of aromatic nitrogens is 2. The van der Waals surface area contributed by atoms with Crippen molar-refractivity contribution in [2.24, 2.45) is 5.92 Å². The van der Waals surface area contributed by atoms with E-state index >= 15 is 0 Å². The highest BCUT2D eigenvalue weighted by Crippen LogP contribution is 2.23. The molecule has 0 saturated heterocycles. The molecule has 0 radical (unpaired) electrons. The molecular weight excluding hydrogens is 292 g/mol. The maximum Gasteiger partial charge on any atom is 0.114 e. The molecule has 2 nitrogen and oxygen atoms in total. The minimum absolute atomic E-state index is 0.675. The predicted octanol–water partition coefficient (Wildman–Crippen LogP) is 5.33. The van der Waals surface area contributed by atoms with E-state index in [0.29, 0.717) is 5.92 Å². The lowest BCUT2D eigenvalue weighted by Crippen LogP contribution is -2.07. The van der Waals surface area contributed by atoms with Gasteiger partial charge >= 0.3 is 0 Å². The Hall–Kier alpha value is -1.80. The molecule has 22 heavy (non-hydrogen) atoms. The summed E-state index contributed by atoms with van der Waals surface area (Å²) in [7, 11) is 0. The molecular formula is C19H21ClN2. The number of rotatable bonds is 5. The van der Waals surface area contributed by atoms with Crippen molar-refractivity contribution < 1.29 is 0 Å². The summed E-state index contributed by atoms with van der Waals surface area (Å²) in [6.45, 7) is 5.51. The third-order valence-electron chi connectivity index (χ3n) is 3.97. The zero-order valence-corrected chi connectivity index (χ0v) is 13.8. The van der Waals surface area contributed by atoms with Gasteiger partial charge in [-0.05, 0) is 36.1 Å². The van der Waals surface area contributed by atoms with E-state index in [2.05, 4.69) is 42.7 Å². The van der Waals surface area contributed by atoms with Crippen molar-refractivity contribution in [1.29, 1.82) is 0 Å². The van der Waals surface area contributed by atoms with Crippen LogP contribution in [0.3, 0.4) is 0 Å². The molecule has 0 fully saturated rings. The highest BCUT2D eigenvalue weighted by Gasteiger charge is 2.12. The molecule has 0 atom stereocenters. The predicted molar refractivity (Wildman–Crippen MR) is 93.4 cm³/mol. The SMILES string of the molecule is CC(C)CCn1c(Cc2ccccc2Cl)nc2ccccc21. The lowest BCUT2D eigenvalue weighted by atomic mass is 10.1. The standard InChI is InChI=1S/C19H21ClN2/c1-14(2)11-12-22-18-10-6-5-9-17(18)21-19(22)13-15-7-3-4-8-16(15)20/h3-10,14H,11-13H2,1-2H3. The molecule has 0 N–H and O–H groups in total. The Kier molecular flexibility index (Phi) is 4.49. The molecule has 114 valence electrons. The first-order valence-corrected chi connectivity index (χ1v) is 8.20. The highest BCUT2D eigenvalue weighted by molar-refractivity contribution is 6.31. The van der Waals surface area contributed by atoms with Crippen molar-refractivity contribution in [3.05, 3.63) is 64.9 Å². The molecule has 0 amide bonds. The number of aryl methyl sites for hydroxylation is 1. The number of imidazole rings is 1. The average molecular weight is 313 g/mol. The van der Waals surface area contributed by atoms with Crippen LogP contribution in [0.25, 0.3) is 11.0 Å². The smallest absolute Gasteiger partial charge is 0.114 e. The zero-order valence-electron chi connectivity index (χ0n) is 13.1. The van der Waals surface area contributed by atoms with Crippen molar-refractivity contribution >= 4 is 22.6 Å². The van der Waals surface area contributed by atoms with E-state index in [-0.39, 0.29) is 0 Å². The lowest BCUT2D eigenvalue weighted by molar-refractivity contribution is 0.514. The van der Waals surface area contributed by atoms with Crippen LogP contribution in [0.1, 0.15) is 31.7 Å². The van der Waals surface area contributed by atoms with Crippen LogP contribution in [0.4, 0.5) is 0 Å². The molecule has 3 aromatic rings. The lowest BCUT2D eigenvalue weighted by Gasteiger charge is -2.11. The summed E-state index contributed by atoms with van der Waals surface area (Å²) in [5, 5.41) is 0.810. The van der Waals surface area contributed by atoms with Gasteiger partial charge in [-0.3, -0.25) is 0 Å². The molecule has 0 aliphatic carbocycles. The van der Waals surface area contributed by atoms with E-state index in [1.54, 1.807) is 0 Å². The molecule has 0 bridgehead atoms. The number of halogens is 1. The molecule has 0 saturated carbocycles. The summed E-state index contributed by atoms with van der Waals surface area (Å²) in [5.74, 6) is 1.77. The van der Waals surface area contributed by atoms with E-state index in [9.17, 15) is 0 Å². The average Bonchev–Trinajstić information content (AvgIpc) is 2.85. The fourth-order valence-corrected chi connectivity index (χ4v) is 2.91. The third kappa shape index (κ3) is 3.17. The van der Waals surface area contributed by atoms with Crippen molar-refractivity contribution in [2.75, 3.05) is 0 Å². The van der Waals surface area contributed by atoms with Crippen LogP contribution in [0, 0.1) is 5.92 Å². The van der Waals surface area contributed by atoms with Gasteiger partial charge in [0.25, 0.3) is 0 Å². The fourth-order valence-electron chi connectivity index (χ4n) is 2.71. The molecule has 2 aromatic carbocycles. The normalized spacial score (nSPS) is 11.5. The van der Waals surface area contributed by atoms with Gasteiger partial charge in [0.15, 0.2) is 0 Å². The van der Waals surface area contributed by atoms with Gasteiger partial charge in [0, 0.05) is 18.0 Å². The van der Waals surface area contributed by atoms with E-state index in [1.165, 1.54) is 5.52 Å². The largest absolute Gasteiger partial charge is 0.328 e. The molecule has 0 aliphatic heterocycles. The molecule has 0 aliphatic rings. The number of para-hydroxylation sites is 2. The van der Waals surface area contributed by atoms with Crippen LogP contribution >= 0.6 is 11.6 Å². The van der Waals surface area contributed by atoms with E-state index < -0.39 is 0 Å². The Morgan fingerprint density at radius 1 is 1.05 bits per heavy atom. The van der Waals surface area contributed by atoms with E-state index in [4.69, 9.17) is 16.6 Å². The van der Waals surface area contributed by atoms with Crippen LogP contribution < -0.4 is 0 Å². The van der Waals surface area contributed by atoms with Crippen LogP contribution in [0.5, 0.6) is 0 Å². The van der Waals surface area contributed by atoms with Gasteiger partial charge < -0.3 is 4.57 Å². The van der Waals surface area contributed by atoms with Crippen LogP contribution in [0.2, 0.25) is 5.02 Å². The first-order chi connectivity index (χ1) is 10.6. The van der Waals surface area contributed by atoms with Gasteiger partial charge in [-0.1, -0.05) is 55.8 Å². The van der Waals surface area contributed by atoms with Gasteiger partial charge in [0.05, 0.1) is 11.0 Å². The summed E-state index contributed by atoms with van der Waals surface area (Å²) < 4.78 is 2.35. The Balaban J connectivity index is 2.00. The maximum absolute atomic E-state index is 6.32. The van der Waals surface area contributed by atoms with Gasteiger partial charge in [0.2, 0.25) is 0 Å².